The number of amides is 2. The fourth-order valence-electron chi connectivity index (χ4n) is 1.98. The van der Waals surface area contributed by atoms with Crippen LogP contribution in [0.15, 0.2) is 29.3 Å². The Hall–Kier alpha value is -2.18. The molecular weight excluding hydrogens is 268 g/mol. The van der Waals surface area contributed by atoms with Gasteiger partial charge in [-0.2, -0.15) is 13.8 Å². The molecule has 0 saturated heterocycles. The van der Waals surface area contributed by atoms with Crippen molar-refractivity contribution in [2.24, 2.45) is 10.7 Å². The number of nitrogens with one attached hydrogen (secondary N) is 1. The Balaban J connectivity index is 1.95. The van der Waals surface area contributed by atoms with Gasteiger partial charge in [-0.1, -0.05) is 12.1 Å². The first kappa shape index (κ1) is 14.2. The highest BCUT2D eigenvalue weighted by molar-refractivity contribution is 6.05. The van der Waals surface area contributed by atoms with E-state index in [2.05, 4.69) is 15.0 Å². The predicted octanol–water partition coefficient (Wildman–Crippen LogP) is 2.06. The Labute approximate surface area is 114 Å². The maximum absolute atomic E-state index is 12.0. The minimum Gasteiger partial charge on any atom is -0.435 e. The molecule has 1 aliphatic heterocycles. The van der Waals surface area contributed by atoms with Crippen LogP contribution < -0.4 is 15.8 Å². The van der Waals surface area contributed by atoms with Gasteiger partial charge in [0, 0.05) is 0 Å². The lowest BCUT2D eigenvalue weighted by Gasteiger charge is -2.23. The third-order valence-corrected chi connectivity index (χ3v) is 3.23. The Morgan fingerprint density at radius 1 is 1.40 bits per heavy atom. The van der Waals surface area contributed by atoms with Crippen LogP contribution in [-0.2, 0) is 6.42 Å². The van der Waals surface area contributed by atoms with Crippen LogP contribution >= 0.6 is 0 Å². The third kappa shape index (κ3) is 3.23. The lowest BCUT2D eigenvalue weighted by atomic mass is 9.93. The Kier molecular flexibility index (Phi) is 3.87. The second-order valence-corrected chi connectivity index (χ2v) is 4.78. The van der Waals surface area contributed by atoms with E-state index >= 15 is 0 Å². The quantitative estimate of drug-likeness (QED) is 0.868. The standard InChI is InChI=1S/C13H15F2N3O2/c1-13(10(16)17-12(19)18-13)7-6-8-2-4-9(5-3-8)20-11(14)15/h2-5,11H,6-7H2,1H3,(H3,16,17,18,19). The number of ether oxygens (including phenoxy) is 1. The average Bonchev–Trinajstić information content (AvgIpc) is 2.62. The summed E-state index contributed by atoms with van der Waals surface area (Å²) in [7, 11) is 0. The largest absolute Gasteiger partial charge is 0.435 e. The van der Waals surface area contributed by atoms with E-state index < -0.39 is 18.2 Å². The van der Waals surface area contributed by atoms with Crippen molar-refractivity contribution >= 4 is 11.9 Å². The molecular formula is C13H15F2N3O2. The molecule has 3 N–H and O–H groups in total. The number of halogens is 2. The number of carbonyl (C=O) groups is 1. The first-order valence-electron chi connectivity index (χ1n) is 6.09. The van der Waals surface area contributed by atoms with Crippen LogP contribution in [0.3, 0.4) is 0 Å². The van der Waals surface area contributed by atoms with Crippen molar-refractivity contribution in [2.45, 2.75) is 31.9 Å². The van der Waals surface area contributed by atoms with E-state index in [1.54, 1.807) is 19.1 Å². The van der Waals surface area contributed by atoms with Crippen molar-refractivity contribution < 1.29 is 18.3 Å². The van der Waals surface area contributed by atoms with Gasteiger partial charge in [0.05, 0.1) is 5.54 Å². The van der Waals surface area contributed by atoms with E-state index in [9.17, 15) is 13.6 Å². The fraction of sp³-hybridized carbons (Fsp3) is 0.385. The molecule has 1 aromatic rings. The first-order chi connectivity index (χ1) is 9.39. The maximum Gasteiger partial charge on any atom is 0.387 e. The molecule has 1 aliphatic rings. The van der Waals surface area contributed by atoms with Crippen LogP contribution in [0, 0.1) is 0 Å². The number of benzene rings is 1. The van der Waals surface area contributed by atoms with Gasteiger partial charge >= 0.3 is 12.6 Å². The number of nitrogens with zero attached hydrogens (tertiary/aromatic N) is 1. The normalized spacial score (nSPS) is 21.8. The number of rotatable bonds is 5. The summed E-state index contributed by atoms with van der Waals surface area (Å²) in [5.74, 6) is 0.380. The Bertz CT molecular complexity index is 531. The lowest BCUT2D eigenvalue weighted by molar-refractivity contribution is -0.0498. The molecule has 2 rings (SSSR count). The van der Waals surface area contributed by atoms with Crippen molar-refractivity contribution in [3.8, 4) is 5.75 Å². The van der Waals surface area contributed by atoms with Crippen molar-refractivity contribution in [1.82, 2.24) is 5.32 Å². The fourth-order valence-corrected chi connectivity index (χ4v) is 1.98. The zero-order chi connectivity index (χ0) is 14.8. The molecule has 0 bridgehead atoms. The molecule has 0 saturated carbocycles. The number of aliphatic imine (C=N–C) groups is 1. The molecule has 7 heteroatoms. The molecule has 1 heterocycles. The number of hydrogen-bond acceptors (Lipinski definition) is 3. The van der Waals surface area contributed by atoms with Gasteiger partial charge in [0.25, 0.3) is 0 Å². The summed E-state index contributed by atoms with van der Waals surface area (Å²) >= 11 is 0. The number of alkyl halides is 2. The smallest absolute Gasteiger partial charge is 0.387 e. The van der Waals surface area contributed by atoms with E-state index in [4.69, 9.17) is 5.73 Å². The highest BCUT2D eigenvalue weighted by atomic mass is 19.3. The number of carbonyl (C=O) groups excluding carboxylic acids is 1. The minimum atomic E-state index is -2.83. The lowest BCUT2D eigenvalue weighted by Crippen LogP contribution is -2.49. The molecule has 0 fully saturated rings. The van der Waals surface area contributed by atoms with Gasteiger partial charge in [0.1, 0.15) is 11.6 Å². The van der Waals surface area contributed by atoms with Gasteiger partial charge < -0.3 is 15.8 Å². The van der Waals surface area contributed by atoms with Gasteiger partial charge in [-0.15, -0.1) is 0 Å². The van der Waals surface area contributed by atoms with E-state index in [0.717, 1.165) is 5.56 Å². The number of amidine groups is 1. The van der Waals surface area contributed by atoms with E-state index in [0.29, 0.717) is 12.8 Å². The maximum atomic E-state index is 12.0. The Morgan fingerprint density at radius 3 is 2.55 bits per heavy atom. The topological polar surface area (TPSA) is 76.7 Å². The van der Waals surface area contributed by atoms with Gasteiger partial charge in [-0.05, 0) is 37.5 Å². The van der Waals surface area contributed by atoms with Crippen molar-refractivity contribution in [3.05, 3.63) is 29.8 Å². The van der Waals surface area contributed by atoms with E-state index in [1.165, 1.54) is 12.1 Å². The SMILES string of the molecule is CC1(CCc2ccc(OC(F)F)cc2)NC(=O)N=C1N. The van der Waals surface area contributed by atoms with Crippen LogP contribution in [-0.4, -0.2) is 24.0 Å². The van der Waals surface area contributed by atoms with E-state index in [1.807, 2.05) is 0 Å². The number of nitrogens with two attached hydrogens (primary N) is 1. The minimum absolute atomic E-state index is 0.116. The summed E-state index contributed by atoms with van der Waals surface area (Å²) in [4.78, 5) is 14.8. The number of hydrogen-bond donors (Lipinski definition) is 2. The number of urea groups is 1. The monoisotopic (exact) mass is 283 g/mol. The van der Waals surface area contributed by atoms with Gasteiger partial charge in [-0.25, -0.2) is 4.79 Å². The average molecular weight is 283 g/mol. The van der Waals surface area contributed by atoms with Crippen molar-refractivity contribution in [1.29, 1.82) is 0 Å². The molecule has 1 atom stereocenters. The van der Waals surface area contributed by atoms with Crippen LogP contribution in [0.1, 0.15) is 18.9 Å². The highest BCUT2D eigenvalue weighted by Crippen LogP contribution is 2.21. The van der Waals surface area contributed by atoms with E-state index in [-0.39, 0.29) is 11.6 Å². The molecule has 20 heavy (non-hydrogen) atoms. The van der Waals surface area contributed by atoms with Crippen LogP contribution in [0.4, 0.5) is 13.6 Å². The molecule has 108 valence electrons. The molecule has 2 amide bonds. The molecule has 0 spiro atoms. The summed E-state index contributed by atoms with van der Waals surface area (Å²) in [6, 6.07) is 5.92. The molecule has 1 unspecified atom stereocenters. The second-order valence-electron chi connectivity index (χ2n) is 4.78. The molecule has 0 radical (unpaired) electrons. The van der Waals surface area contributed by atoms with Crippen LogP contribution in [0.2, 0.25) is 0 Å². The second kappa shape index (κ2) is 5.44. The molecule has 0 aromatic heterocycles. The highest BCUT2D eigenvalue weighted by Gasteiger charge is 2.35. The van der Waals surface area contributed by atoms with Crippen LogP contribution in [0.5, 0.6) is 5.75 Å². The molecule has 0 aliphatic carbocycles. The zero-order valence-corrected chi connectivity index (χ0v) is 10.9. The third-order valence-electron chi connectivity index (χ3n) is 3.23. The Morgan fingerprint density at radius 2 is 2.05 bits per heavy atom. The summed E-state index contributed by atoms with van der Waals surface area (Å²) < 4.78 is 28.3. The van der Waals surface area contributed by atoms with Crippen molar-refractivity contribution in [2.75, 3.05) is 0 Å². The van der Waals surface area contributed by atoms with Gasteiger partial charge in [-0.3, -0.25) is 0 Å². The van der Waals surface area contributed by atoms with Gasteiger partial charge in [0.2, 0.25) is 0 Å². The summed E-state index contributed by atoms with van der Waals surface area (Å²) in [6.07, 6.45) is 1.20. The molecule has 5 nitrogen and oxygen atoms in total. The first-order valence-corrected chi connectivity index (χ1v) is 6.09. The number of aryl methyl sites for hydroxylation is 1. The predicted molar refractivity (Wildman–Crippen MR) is 70.0 cm³/mol. The van der Waals surface area contributed by atoms with Gasteiger partial charge in [0.15, 0.2) is 0 Å². The summed E-state index contributed by atoms with van der Waals surface area (Å²) in [5, 5.41) is 2.70. The summed E-state index contributed by atoms with van der Waals surface area (Å²) in [5.41, 5.74) is 5.98. The summed E-state index contributed by atoms with van der Waals surface area (Å²) in [6.45, 7) is -1.03. The van der Waals surface area contributed by atoms with Crippen molar-refractivity contribution in [3.63, 3.8) is 0 Å². The zero-order valence-electron chi connectivity index (χ0n) is 10.9. The van der Waals surface area contributed by atoms with Crippen LogP contribution in [0.25, 0.3) is 0 Å². The molecule has 1 aromatic carbocycles.